The average molecular weight is 323 g/mol. The van der Waals surface area contributed by atoms with Gasteiger partial charge in [-0.3, -0.25) is 9.59 Å². The molecule has 1 saturated heterocycles. The number of hydrogen-bond donors (Lipinski definition) is 1. The second-order valence-corrected chi connectivity index (χ2v) is 6.37. The van der Waals surface area contributed by atoms with Crippen molar-refractivity contribution in [3.8, 4) is 0 Å². The van der Waals surface area contributed by atoms with Gasteiger partial charge in [0.2, 0.25) is 11.8 Å². The lowest BCUT2D eigenvalue weighted by atomic mass is 10.1. The minimum absolute atomic E-state index is 0.0340. The van der Waals surface area contributed by atoms with Crippen LogP contribution < -0.4 is 5.32 Å². The fourth-order valence-electron chi connectivity index (χ4n) is 2.81. The summed E-state index contributed by atoms with van der Waals surface area (Å²) in [6, 6.07) is 7.32. The van der Waals surface area contributed by atoms with Crippen LogP contribution in [-0.4, -0.2) is 29.3 Å². The van der Waals surface area contributed by atoms with Crippen LogP contribution in [0.5, 0.6) is 0 Å². The van der Waals surface area contributed by atoms with Gasteiger partial charge in [-0.15, -0.1) is 0 Å². The molecule has 0 bridgehead atoms. The van der Waals surface area contributed by atoms with Crippen molar-refractivity contribution in [3.63, 3.8) is 0 Å². The van der Waals surface area contributed by atoms with Gasteiger partial charge < -0.3 is 10.2 Å². The maximum absolute atomic E-state index is 12.2. The molecule has 0 saturated carbocycles. The third-order valence-corrected chi connectivity index (χ3v) is 4.37. The smallest absolute Gasteiger partial charge is 0.222 e. The zero-order chi connectivity index (χ0) is 16.1. The number of amides is 2. The highest BCUT2D eigenvalue weighted by Crippen LogP contribution is 2.18. The van der Waals surface area contributed by atoms with Crippen LogP contribution in [0.4, 0.5) is 0 Å². The minimum atomic E-state index is -0.0750. The number of piperidine rings is 1. The molecule has 1 aromatic rings. The van der Waals surface area contributed by atoms with Gasteiger partial charge in [0.25, 0.3) is 0 Å². The zero-order valence-corrected chi connectivity index (χ0v) is 13.9. The number of halogens is 1. The zero-order valence-electron chi connectivity index (χ0n) is 13.1. The monoisotopic (exact) mass is 322 g/mol. The molecule has 2 rings (SSSR count). The van der Waals surface area contributed by atoms with Gasteiger partial charge in [0.15, 0.2) is 0 Å². The summed E-state index contributed by atoms with van der Waals surface area (Å²) in [5.74, 6) is 0.130. The van der Waals surface area contributed by atoms with E-state index in [0.29, 0.717) is 17.9 Å². The molecular formula is C17H23ClN2O2. The Hall–Kier alpha value is -1.55. The Morgan fingerprint density at radius 3 is 2.59 bits per heavy atom. The number of carbonyl (C=O) groups excluding carboxylic acids is 2. The van der Waals surface area contributed by atoms with Crippen LogP contribution >= 0.6 is 11.6 Å². The van der Waals surface area contributed by atoms with Gasteiger partial charge in [0.05, 0.1) is 6.04 Å². The van der Waals surface area contributed by atoms with Crippen molar-refractivity contribution in [2.75, 3.05) is 6.54 Å². The molecule has 0 unspecified atom stereocenters. The van der Waals surface area contributed by atoms with Crippen molar-refractivity contribution in [1.29, 1.82) is 0 Å². The highest BCUT2D eigenvalue weighted by Gasteiger charge is 2.25. The molecule has 0 aliphatic carbocycles. The predicted molar refractivity (Wildman–Crippen MR) is 87.7 cm³/mol. The Morgan fingerprint density at radius 2 is 1.95 bits per heavy atom. The lowest BCUT2D eigenvalue weighted by molar-refractivity contribution is -0.136. The first-order valence-corrected chi connectivity index (χ1v) is 8.19. The number of nitrogens with one attached hydrogen (secondary N) is 1. The SMILES string of the molecule is C[C@H](NC(=O)C[C@@H](C)N1CCCCC1=O)c1ccc(Cl)cc1. The summed E-state index contributed by atoms with van der Waals surface area (Å²) < 4.78 is 0. The Bertz CT molecular complexity index is 530. The van der Waals surface area contributed by atoms with E-state index in [9.17, 15) is 9.59 Å². The van der Waals surface area contributed by atoms with Gasteiger partial charge in [-0.2, -0.15) is 0 Å². The van der Waals surface area contributed by atoms with Gasteiger partial charge in [-0.1, -0.05) is 23.7 Å². The van der Waals surface area contributed by atoms with Crippen molar-refractivity contribution in [2.24, 2.45) is 0 Å². The lowest BCUT2D eigenvalue weighted by Crippen LogP contribution is -2.44. The molecule has 1 aliphatic rings. The summed E-state index contributed by atoms with van der Waals surface area (Å²) in [5.41, 5.74) is 1.01. The van der Waals surface area contributed by atoms with E-state index in [1.807, 2.05) is 43.0 Å². The van der Waals surface area contributed by atoms with Crippen LogP contribution in [0.25, 0.3) is 0 Å². The molecule has 5 heteroatoms. The summed E-state index contributed by atoms with van der Waals surface area (Å²) in [4.78, 5) is 25.9. The first kappa shape index (κ1) is 16.8. The van der Waals surface area contributed by atoms with Crippen LogP contribution in [0.2, 0.25) is 5.02 Å². The quantitative estimate of drug-likeness (QED) is 0.904. The van der Waals surface area contributed by atoms with Gasteiger partial charge >= 0.3 is 0 Å². The number of likely N-dealkylation sites (tertiary alicyclic amines) is 1. The third-order valence-electron chi connectivity index (χ3n) is 4.12. The van der Waals surface area contributed by atoms with E-state index in [1.165, 1.54) is 0 Å². The van der Waals surface area contributed by atoms with E-state index in [2.05, 4.69) is 5.32 Å². The van der Waals surface area contributed by atoms with E-state index in [1.54, 1.807) is 0 Å². The maximum Gasteiger partial charge on any atom is 0.222 e. The first-order valence-electron chi connectivity index (χ1n) is 7.81. The van der Waals surface area contributed by atoms with Crippen LogP contribution in [0.1, 0.15) is 51.1 Å². The molecule has 0 aromatic heterocycles. The Kier molecular flexibility index (Phi) is 5.83. The molecule has 1 fully saturated rings. The molecule has 1 heterocycles. The number of rotatable bonds is 5. The molecule has 1 N–H and O–H groups in total. The van der Waals surface area contributed by atoms with E-state index in [0.717, 1.165) is 24.9 Å². The topological polar surface area (TPSA) is 49.4 Å². The van der Waals surface area contributed by atoms with Gasteiger partial charge in [-0.05, 0) is 44.4 Å². The Morgan fingerprint density at radius 1 is 1.27 bits per heavy atom. The van der Waals surface area contributed by atoms with Crippen molar-refractivity contribution in [1.82, 2.24) is 10.2 Å². The Balaban J connectivity index is 1.86. The summed E-state index contributed by atoms with van der Waals surface area (Å²) in [6.07, 6.45) is 2.93. The minimum Gasteiger partial charge on any atom is -0.350 e. The van der Waals surface area contributed by atoms with Crippen LogP contribution in [0, 0.1) is 0 Å². The van der Waals surface area contributed by atoms with Gasteiger partial charge in [0.1, 0.15) is 0 Å². The van der Waals surface area contributed by atoms with E-state index in [-0.39, 0.29) is 23.9 Å². The van der Waals surface area contributed by atoms with Crippen molar-refractivity contribution in [2.45, 2.75) is 51.6 Å². The number of carbonyl (C=O) groups is 2. The molecular weight excluding hydrogens is 300 g/mol. The van der Waals surface area contributed by atoms with Crippen molar-refractivity contribution >= 4 is 23.4 Å². The van der Waals surface area contributed by atoms with Crippen molar-refractivity contribution < 1.29 is 9.59 Å². The highest BCUT2D eigenvalue weighted by atomic mass is 35.5. The highest BCUT2D eigenvalue weighted by molar-refractivity contribution is 6.30. The predicted octanol–water partition coefficient (Wildman–Crippen LogP) is 3.31. The summed E-state index contributed by atoms with van der Waals surface area (Å²) in [7, 11) is 0. The number of nitrogens with zero attached hydrogens (tertiary/aromatic N) is 1. The fraction of sp³-hybridized carbons (Fsp3) is 0.529. The molecule has 1 aromatic carbocycles. The maximum atomic E-state index is 12.2. The molecule has 22 heavy (non-hydrogen) atoms. The first-order chi connectivity index (χ1) is 10.5. The molecule has 1 aliphatic heterocycles. The third kappa shape index (κ3) is 4.47. The van der Waals surface area contributed by atoms with Crippen molar-refractivity contribution in [3.05, 3.63) is 34.9 Å². The lowest BCUT2D eigenvalue weighted by Gasteiger charge is -2.32. The van der Waals surface area contributed by atoms with Crippen LogP contribution in [0.15, 0.2) is 24.3 Å². The van der Waals surface area contributed by atoms with E-state index < -0.39 is 0 Å². The molecule has 2 atom stereocenters. The van der Waals surface area contributed by atoms with Crippen LogP contribution in [0.3, 0.4) is 0 Å². The number of hydrogen-bond acceptors (Lipinski definition) is 2. The largest absolute Gasteiger partial charge is 0.350 e. The molecule has 4 nitrogen and oxygen atoms in total. The fourth-order valence-corrected chi connectivity index (χ4v) is 2.93. The summed E-state index contributed by atoms with van der Waals surface area (Å²) in [5, 5.41) is 3.66. The molecule has 0 spiro atoms. The van der Waals surface area contributed by atoms with E-state index in [4.69, 9.17) is 11.6 Å². The number of benzene rings is 1. The van der Waals surface area contributed by atoms with E-state index >= 15 is 0 Å². The standard InChI is InChI=1S/C17H23ClN2O2/c1-12(20-10-4-3-5-17(20)22)11-16(21)19-13(2)14-6-8-15(18)9-7-14/h6-9,12-13H,3-5,10-11H2,1-2H3,(H,19,21)/t12-,13+/m1/s1. The summed E-state index contributed by atoms with van der Waals surface area (Å²) >= 11 is 5.87. The molecule has 0 radical (unpaired) electrons. The average Bonchev–Trinajstić information content (AvgIpc) is 2.48. The second kappa shape index (κ2) is 7.63. The van der Waals surface area contributed by atoms with Crippen LogP contribution in [-0.2, 0) is 9.59 Å². The second-order valence-electron chi connectivity index (χ2n) is 5.94. The molecule has 120 valence electrons. The summed E-state index contributed by atoms with van der Waals surface area (Å²) in [6.45, 7) is 4.65. The normalized spacial score (nSPS) is 18.0. The Labute approximate surface area is 136 Å². The van der Waals surface area contributed by atoms with Gasteiger partial charge in [-0.25, -0.2) is 0 Å². The molecule has 2 amide bonds. The van der Waals surface area contributed by atoms with Gasteiger partial charge in [0, 0.05) is 30.5 Å².